The molecule has 0 N–H and O–H groups in total. The Morgan fingerprint density at radius 2 is 1.12 bits per heavy atom. The van der Waals surface area contributed by atoms with Crippen LogP contribution >= 0.6 is 11.6 Å². The summed E-state index contributed by atoms with van der Waals surface area (Å²) in [5.74, 6) is 0.731. The van der Waals surface area contributed by atoms with Gasteiger partial charge in [-0.15, -0.1) is 0 Å². The monoisotopic (exact) mass is 983 g/mol. The topological polar surface area (TPSA) is 137 Å². The van der Waals surface area contributed by atoms with Crippen LogP contribution in [0.15, 0.2) is 30.3 Å². The summed E-state index contributed by atoms with van der Waals surface area (Å²) in [6.07, 6.45) is 14.4. The summed E-state index contributed by atoms with van der Waals surface area (Å²) in [5, 5.41) is 0.336. The van der Waals surface area contributed by atoms with Crippen LogP contribution in [0.1, 0.15) is 166 Å². The average molecular weight is 984 g/mol. The van der Waals surface area contributed by atoms with Crippen LogP contribution in [0.3, 0.4) is 0 Å². The van der Waals surface area contributed by atoms with Crippen molar-refractivity contribution in [3.05, 3.63) is 46.5 Å². The zero-order chi connectivity index (χ0) is 50.3. The minimum absolute atomic E-state index is 0.0270. The number of amides is 4. The largest absolute Gasteiger partial charge is 0.473 e. The first kappa shape index (κ1) is 56.0. The van der Waals surface area contributed by atoms with Gasteiger partial charge in [-0.2, -0.15) is 0 Å². The van der Waals surface area contributed by atoms with Gasteiger partial charge in [-0.1, -0.05) is 50.1 Å². The normalized spacial score (nSPS) is 20.8. The minimum atomic E-state index is -1.16. The first-order valence-corrected chi connectivity index (χ1v) is 26.2. The highest BCUT2D eigenvalue weighted by Gasteiger charge is 2.47. The summed E-state index contributed by atoms with van der Waals surface area (Å²) in [6.45, 7) is 19.2. The van der Waals surface area contributed by atoms with E-state index >= 15 is 0 Å². The Morgan fingerprint density at radius 3 is 1.57 bits per heavy atom. The van der Waals surface area contributed by atoms with Crippen molar-refractivity contribution < 1.29 is 47.6 Å². The Hall–Kier alpha value is -3.95. The van der Waals surface area contributed by atoms with Crippen molar-refractivity contribution in [2.45, 2.75) is 181 Å². The first-order valence-electron chi connectivity index (χ1n) is 25.8. The molecule has 4 aliphatic rings. The Kier molecular flexibility index (Phi) is 21.5. The van der Waals surface area contributed by atoms with Gasteiger partial charge in [0.2, 0.25) is 11.2 Å². The number of ether oxygens (including phenoxy) is 6. The third kappa shape index (κ3) is 13.9. The van der Waals surface area contributed by atoms with Gasteiger partial charge < -0.3 is 48.0 Å². The molecule has 0 bridgehead atoms. The number of fused-ring (bicyclic) bond motifs is 2. The number of methoxy groups -OCH3 is 2. The molecule has 0 aromatic heterocycles. The van der Waals surface area contributed by atoms with Gasteiger partial charge in [0.15, 0.2) is 0 Å². The molecule has 0 saturated heterocycles. The number of carbonyl (C=O) groups excluding carboxylic acids is 4. The van der Waals surface area contributed by atoms with Crippen LogP contribution in [-0.2, 0) is 28.5 Å². The Bertz CT molecular complexity index is 2000. The van der Waals surface area contributed by atoms with Crippen LogP contribution in [0.4, 0.5) is 11.4 Å². The Morgan fingerprint density at radius 1 is 0.667 bits per heavy atom. The van der Waals surface area contributed by atoms with E-state index in [0.29, 0.717) is 78.5 Å². The van der Waals surface area contributed by atoms with Gasteiger partial charge in [0, 0.05) is 89.5 Å². The van der Waals surface area contributed by atoms with Gasteiger partial charge in [0.05, 0.1) is 35.2 Å². The van der Waals surface area contributed by atoms with Gasteiger partial charge in [-0.05, 0) is 131 Å². The standard InChI is InChI=1S/C27H41ClN2O5.C27H42N2O5/c1-6-34-18-27(4)26(32)29(14-10-11-15-33-5)23-16-21(22(28)17-24(23)35-27)25(31)30(19(2)3)20-12-8-7-9-13-20;1-6-33-19-27(4)26(31)28(16-10-11-17-32-5)23-18-21(14-15-24(23)34-27)25(30)29(20(2)3)22-12-8-7-9-13-22/h16-17,19-20H,6-15,18H2,1-5H3;14-15,18,20,22H,6-13,16-17,19H2,1-5H3. The second kappa shape index (κ2) is 26.5. The van der Waals surface area contributed by atoms with Crippen LogP contribution in [0.5, 0.6) is 11.5 Å². The molecule has 2 saturated carbocycles. The molecule has 2 fully saturated rings. The summed E-state index contributed by atoms with van der Waals surface area (Å²) in [7, 11) is 3.35. The predicted octanol–water partition coefficient (Wildman–Crippen LogP) is 10.3. The van der Waals surface area contributed by atoms with Crippen molar-refractivity contribution in [3.63, 3.8) is 0 Å². The fourth-order valence-electron chi connectivity index (χ4n) is 10.2. The van der Waals surface area contributed by atoms with E-state index in [1.54, 1.807) is 50.0 Å². The van der Waals surface area contributed by atoms with Crippen LogP contribution in [0, 0.1) is 0 Å². The van der Waals surface area contributed by atoms with E-state index in [9.17, 15) is 19.2 Å². The highest BCUT2D eigenvalue weighted by Crippen LogP contribution is 2.43. The maximum atomic E-state index is 13.8. The number of hydrogen-bond acceptors (Lipinski definition) is 10. The Balaban J connectivity index is 0.000000258. The highest BCUT2D eigenvalue weighted by molar-refractivity contribution is 6.34. The number of nitrogens with zero attached hydrogens (tertiary/aromatic N) is 4. The molecule has 386 valence electrons. The van der Waals surface area contributed by atoms with E-state index in [1.165, 1.54) is 25.7 Å². The van der Waals surface area contributed by atoms with Crippen LogP contribution in [0.25, 0.3) is 0 Å². The lowest BCUT2D eigenvalue weighted by atomic mass is 9.92. The van der Waals surface area contributed by atoms with Crippen molar-refractivity contribution in [3.8, 4) is 11.5 Å². The molecule has 0 radical (unpaired) electrons. The molecule has 2 aromatic rings. The van der Waals surface area contributed by atoms with E-state index in [-0.39, 0.29) is 61.0 Å². The number of unbranched alkanes of at least 4 members (excludes halogenated alkanes) is 2. The lowest BCUT2D eigenvalue weighted by molar-refractivity contribution is -0.140. The molecule has 0 spiro atoms. The SMILES string of the molecule is CCOCC1(C)Oc2cc(Cl)c(C(=O)N(C(C)C)C3CCCCC3)cc2N(CCCCOC)C1=O.CCOCC1(C)Oc2ccc(C(=O)N(C(C)C)C3CCCCC3)cc2N(CCCCOC)C1=O. The number of anilines is 2. The van der Waals surface area contributed by atoms with Crippen molar-refractivity contribution in [2.24, 2.45) is 0 Å². The molecule has 2 aromatic carbocycles. The van der Waals surface area contributed by atoms with Gasteiger partial charge in [-0.3, -0.25) is 19.2 Å². The zero-order valence-electron chi connectivity index (χ0n) is 43.5. The second-order valence-electron chi connectivity index (χ2n) is 19.9. The summed E-state index contributed by atoms with van der Waals surface area (Å²) >= 11 is 6.69. The summed E-state index contributed by atoms with van der Waals surface area (Å²) in [4.78, 5) is 62.1. The van der Waals surface area contributed by atoms with Crippen LogP contribution in [-0.4, -0.2) is 136 Å². The molecule has 2 atom stereocenters. The summed E-state index contributed by atoms with van der Waals surface area (Å²) in [6, 6.07) is 9.58. The number of rotatable bonds is 22. The number of carbonyl (C=O) groups is 4. The predicted molar refractivity (Wildman–Crippen MR) is 272 cm³/mol. The lowest BCUT2D eigenvalue weighted by Crippen LogP contribution is -2.57. The van der Waals surface area contributed by atoms with E-state index in [2.05, 4.69) is 13.8 Å². The second-order valence-corrected chi connectivity index (χ2v) is 20.3. The minimum Gasteiger partial charge on any atom is -0.473 e. The van der Waals surface area contributed by atoms with Gasteiger partial charge in [-0.25, -0.2) is 0 Å². The molecular formula is C54H83ClN4O10. The molecule has 6 rings (SSSR count). The number of halogens is 1. The maximum Gasteiger partial charge on any atom is 0.273 e. The molecule has 15 heteroatoms. The highest BCUT2D eigenvalue weighted by atomic mass is 35.5. The van der Waals surface area contributed by atoms with E-state index in [0.717, 1.165) is 64.2 Å². The first-order chi connectivity index (χ1) is 33.0. The van der Waals surface area contributed by atoms with E-state index in [4.69, 9.17) is 40.0 Å². The summed E-state index contributed by atoms with van der Waals surface area (Å²) < 4.78 is 33.9. The molecule has 2 aliphatic heterocycles. The molecule has 2 unspecified atom stereocenters. The maximum absolute atomic E-state index is 13.8. The molecule has 2 aliphatic carbocycles. The lowest BCUT2D eigenvalue weighted by Gasteiger charge is -2.41. The van der Waals surface area contributed by atoms with Crippen LogP contribution < -0.4 is 19.3 Å². The van der Waals surface area contributed by atoms with Crippen molar-refractivity contribution in [1.82, 2.24) is 9.80 Å². The van der Waals surface area contributed by atoms with Crippen molar-refractivity contribution >= 4 is 46.6 Å². The Labute approximate surface area is 417 Å². The van der Waals surface area contributed by atoms with E-state index < -0.39 is 11.2 Å². The van der Waals surface area contributed by atoms with Crippen LogP contribution in [0.2, 0.25) is 5.02 Å². The van der Waals surface area contributed by atoms with Crippen molar-refractivity contribution in [2.75, 3.05) is 76.8 Å². The van der Waals surface area contributed by atoms with Gasteiger partial charge in [0.25, 0.3) is 23.6 Å². The van der Waals surface area contributed by atoms with Gasteiger partial charge >= 0.3 is 0 Å². The summed E-state index contributed by atoms with van der Waals surface area (Å²) in [5.41, 5.74) is 0.00440. The molecular weight excluding hydrogens is 900 g/mol. The molecule has 2 heterocycles. The average Bonchev–Trinajstić information content (AvgIpc) is 3.33. The third-order valence-electron chi connectivity index (χ3n) is 13.8. The quantitative estimate of drug-likeness (QED) is 0.105. The number of benzene rings is 2. The van der Waals surface area contributed by atoms with E-state index in [1.807, 2.05) is 55.7 Å². The molecule has 4 amide bonds. The van der Waals surface area contributed by atoms with Crippen molar-refractivity contribution in [1.29, 1.82) is 0 Å². The van der Waals surface area contributed by atoms with Gasteiger partial charge in [0.1, 0.15) is 11.5 Å². The number of hydrogen-bond donors (Lipinski definition) is 0. The fourth-order valence-corrected chi connectivity index (χ4v) is 10.4. The molecule has 69 heavy (non-hydrogen) atoms. The third-order valence-corrected chi connectivity index (χ3v) is 14.1. The molecule has 14 nitrogen and oxygen atoms in total. The fraction of sp³-hybridized carbons (Fsp3) is 0.704. The zero-order valence-corrected chi connectivity index (χ0v) is 44.3. The smallest absolute Gasteiger partial charge is 0.273 e.